The van der Waals surface area contributed by atoms with E-state index < -0.39 is 9.84 Å². The Morgan fingerprint density at radius 3 is 2.16 bits per heavy atom. The molecule has 2 heterocycles. The number of hydrogen-bond donors (Lipinski definition) is 0. The van der Waals surface area contributed by atoms with Crippen molar-refractivity contribution in [1.82, 2.24) is 9.88 Å². The number of methoxy groups -OCH3 is 1. The third kappa shape index (κ3) is 5.21. The first-order chi connectivity index (χ1) is 15.1. The minimum atomic E-state index is -3.33. The molecule has 0 spiro atoms. The summed E-state index contributed by atoms with van der Waals surface area (Å²) in [5, 5.41) is -0.322. The van der Waals surface area contributed by atoms with Crippen LogP contribution in [0, 0.1) is 0 Å². The van der Waals surface area contributed by atoms with Crippen LogP contribution in [0.15, 0.2) is 78.0 Å². The second kappa shape index (κ2) is 9.73. The molecule has 0 N–H and O–H groups in total. The topological polar surface area (TPSA) is 59.5 Å². The van der Waals surface area contributed by atoms with Crippen LogP contribution < -0.4 is 0 Å². The Morgan fingerprint density at radius 2 is 1.58 bits per heavy atom. The van der Waals surface area contributed by atoms with Crippen molar-refractivity contribution in [3.8, 4) is 11.1 Å². The van der Waals surface area contributed by atoms with Crippen molar-refractivity contribution in [2.24, 2.45) is 0 Å². The minimum Gasteiger partial charge on any atom is -0.380 e. The molecule has 1 aromatic heterocycles. The molecule has 1 saturated heterocycles. The molecule has 0 amide bonds. The molecule has 4 rings (SSSR count). The number of hydrogen-bond acceptors (Lipinski definition) is 5. The van der Waals surface area contributed by atoms with Crippen LogP contribution in [0.3, 0.4) is 0 Å². The Bertz CT molecular complexity index is 1070. The van der Waals surface area contributed by atoms with E-state index in [1.54, 1.807) is 25.4 Å². The van der Waals surface area contributed by atoms with Crippen molar-refractivity contribution >= 4 is 9.84 Å². The van der Waals surface area contributed by atoms with E-state index in [9.17, 15) is 8.42 Å². The average Bonchev–Trinajstić information content (AvgIpc) is 2.81. The van der Waals surface area contributed by atoms with E-state index in [0.29, 0.717) is 24.3 Å². The molecule has 1 aliphatic rings. The summed E-state index contributed by atoms with van der Waals surface area (Å²) in [5.41, 5.74) is 4.34. The first kappa shape index (κ1) is 21.7. The highest BCUT2D eigenvalue weighted by Crippen LogP contribution is 2.28. The van der Waals surface area contributed by atoms with E-state index in [1.165, 1.54) is 0 Å². The van der Waals surface area contributed by atoms with Gasteiger partial charge in [-0.25, -0.2) is 8.42 Å². The molecule has 0 radical (unpaired) electrons. The molecule has 2 aromatic carbocycles. The highest BCUT2D eigenvalue weighted by molar-refractivity contribution is 7.92. The van der Waals surface area contributed by atoms with Crippen LogP contribution in [0.1, 0.15) is 24.0 Å². The highest BCUT2D eigenvalue weighted by atomic mass is 32.2. The lowest BCUT2D eigenvalue weighted by Crippen LogP contribution is -2.38. The smallest absolute Gasteiger partial charge is 0.181 e. The van der Waals surface area contributed by atoms with Crippen LogP contribution in [0.25, 0.3) is 11.1 Å². The maximum Gasteiger partial charge on any atom is 0.181 e. The van der Waals surface area contributed by atoms with Crippen LogP contribution in [0.2, 0.25) is 0 Å². The van der Waals surface area contributed by atoms with E-state index in [4.69, 9.17) is 4.74 Å². The third-order valence-corrected chi connectivity index (χ3v) is 8.16. The third-order valence-electron chi connectivity index (χ3n) is 5.88. The van der Waals surface area contributed by atoms with Gasteiger partial charge >= 0.3 is 0 Å². The molecule has 1 fully saturated rings. The van der Waals surface area contributed by atoms with Gasteiger partial charge in [-0.05, 0) is 66.4 Å². The Labute approximate surface area is 184 Å². The SMILES string of the molecule is COCc1ccc(-c2ccc(S(=O)(=O)C3CCN(Cc4cccnc4)CC3)cc2)cc1. The van der Waals surface area contributed by atoms with Crippen LogP contribution in [-0.2, 0) is 27.7 Å². The number of rotatable bonds is 7. The summed E-state index contributed by atoms with van der Waals surface area (Å²) >= 11 is 0. The minimum absolute atomic E-state index is 0.322. The van der Waals surface area contributed by atoms with Gasteiger partial charge < -0.3 is 4.74 Å². The van der Waals surface area contributed by atoms with Crippen molar-refractivity contribution in [3.05, 3.63) is 84.2 Å². The van der Waals surface area contributed by atoms with E-state index in [0.717, 1.165) is 41.9 Å². The largest absolute Gasteiger partial charge is 0.380 e. The second-order valence-electron chi connectivity index (χ2n) is 8.04. The summed E-state index contributed by atoms with van der Waals surface area (Å²) in [6, 6.07) is 19.4. The number of sulfone groups is 1. The number of nitrogens with zero attached hydrogens (tertiary/aromatic N) is 2. The molecular formula is C25H28N2O3S. The molecule has 31 heavy (non-hydrogen) atoms. The van der Waals surface area contributed by atoms with E-state index in [1.807, 2.05) is 48.7 Å². The number of benzene rings is 2. The quantitative estimate of drug-likeness (QED) is 0.552. The summed E-state index contributed by atoms with van der Waals surface area (Å²) in [5.74, 6) is 0. The second-order valence-corrected chi connectivity index (χ2v) is 10.3. The first-order valence-electron chi connectivity index (χ1n) is 10.6. The Balaban J connectivity index is 1.39. The Kier molecular flexibility index (Phi) is 6.80. The lowest BCUT2D eigenvalue weighted by atomic mass is 10.0. The van der Waals surface area contributed by atoms with E-state index >= 15 is 0 Å². The molecule has 1 aliphatic heterocycles. The zero-order valence-electron chi connectivity index (χ0n) is 17.8. The van der Waals surface area contributed by atoms with Crippen molar-refractivity contribution < 1.29 is 13.2 Å². The first-order valence-corrected chi connectivity index (χ1v) is 12.1. The van der Waals surface area contributed by atoms with Crippen LogP contribution >= 0.6 is 0 Å². The highest BCUT2D eigenvalue weighted by Gasteiger charge is 2.31. The van der Waals surface area contributed by atoms with Crippen molar-refractivity contribution in [2.75, 3.05) is 20.2 Å². The molecule has 0 unspecified atom stereocenters. The maximum atomic E-state index is 13.2. The summed E-state index contributed by atoms with van der Waals surface area (Å²) in [6.45, 7) is 2.96. The van der Waals surface area contributed by atoms with Gasteiger partial charge in [0.1, 0.15) is 0 Å². The number of likely N-dealkylation sites (tertiary alicyclic amines) is 1. The van der Waals surface area contributed by atoms with Crippen molar-refractivity contribution in [2.45, 2.75) is 36.1 Å². The summed E-state index contributed by atoms with van der Waals surface area (Å²) < 4.78 is 31.5. The van der Waals surface area contributed by atoms with E-state index in [2.05, 4.69) is 16.0 Å². The van der Waals surface area contributed by atoms with Gasteiger partial charge in [-0.15, -0.1) is 0 Å². The predicted molar refractivity (Wildman–Crippen MR) is 122 cm³/mol. The average molecular weight is 437 g/mol. The molecule has 0 bridgehead atoms. The molecule has 162 valence electrons. The summed E-state index contributed by atoms with van der Waals surface area (Å²) in [4.78, 5) is 6.88. The summed E-state index contributed by atoms with van der Waals surface area (Å²) in [6.07, 6.45) is 4.95. The molecular weight excluding hydrogens is 408 g/mol. The lowest BCUT2D eigenvalue weighted by molar-refractivity contribution is 0.185. The molecule has 0 aliphatic carbocycles. The molecule has 0 saturated carbocycles. The van der Waals surface area contributed by atoms with Crippen molar-refractivity contribution in [1.29, 1.82) is 0 Å². The van der Waals surface area contributed by atoms with Gasteiger partial charge in [0.25, 0.3) is 0 Å². The molecule has 6 heteroatoms. The Morgan fingerprint density at radius 1 is 0.935 bits per heavy atom. The molecule has 3 aromatic rings. The zero-order valence-corrected chi connectivity index (χ0v) is 18.6. The monoisotopic (exact) mass is 436 g/mol. The molecule has 0 atom stereocenters. The van der Waals surface area contributed by atoms with Gasteiger partial charge in [-0.2, -0.15) is 0 Å². The standard InChI is InChI=1S/C25H28N2O3S/c1-30-19-20-4-6-22(7-5-20)23-8-10-24(11-9-23)31(28,29)25-12-15-27(16-13-25)18-21-3-2-14-26-17-21/h2-11,14,17,25H,12-13,15-16,18-19H2,1H3. The number of ether oxygens (including phenoxy) is 1. The van der Waals surface area contributed by atoms with Gasteiger partial charge in [0.15, 0.2) is 9.84 Å². The van der Waals surface area contributed by atoms with Gasteiger partial charge in [-0.3, -0.25) is 9.88 Å². The number of piperidine rings is 1. The van der Waals surface area contributed by atoms with Gasteiger partial charge in [0.05, 0.1) is 16.8 Å². The zero-order chi connectivity index (χ0) is 21.7. The molecule has 5 nitrogen and oxygen atoms in total. The fourth-order valence-electron chi connectivity index (χ4n) is 4.12. The number of pyridine rings is 1. The maximum absolute atomic E-state index is 13.2. The van der Waals surface area contributed by atoms with Crippen molar-refractivity contribution in [3.63, 3.8) is 0 Å². The summed E-state index contributed by atoms with van der Waals surface area (Å²) in [7, 11) is -1.65. The fourth-order valence-corrected chi connectivity index (χ4v) is 5.85. The number of aromatic nitrogens is 1. The van der Waals surface area contributed by atoms with Gasteiger partial charge in [-0.1, -0.05) is 42.5 Å². The van der Waals surface area contributed by atoms with Crippen LogP contribution in [-0.4, -0.2) is 43.8 Å². The van der Waals surface area contributed by atoms with Gasteiger partial charge in [0.2, 0.25) is 0 Å². The van der Waals surface area contributed by atoms with Crippen LogP contribution in [0.5, 0.6) is 0 Å². The predicted octanol–water partition coefficient (Wildman–Crippen LogP) is 4.33. The van der Waals surface area contributed by atoms with Gasteiger partial charge in [0, 0.05) is 26.0 Å². The van der Waals surface area contributed by atoms with Crippen LogP contribution in [0.4, 0.5) is 0 Å². The lowest BCUT2D eigenvalue weighted by Gasteiger charge is -2.31. The van der Waals surface area contributed by atoms with E-state index in [-0.39, 0.29) is 5.25 Å². The normalized spacial score (nSPS) is 15.8. The fraction of sp³-hybridized carbons (Fsp3) is 0.320. The Hall–Kier alpha value is -2.54.